The number of methoxy groups -OCH3 is 1. The predicted octanol–water partition coefficient (Wildman–Crippen LogP) is 1.67. The Bertz CT molecular complexity index is 363. The predicted molar refractivity (Wildman–Crippen MR) is 57.9 cm³/mol. The monoisotopic (exact) mass is 209 g/mol. The SMILES string of the molecule is COC(=O)C(C)Nc1ccc(O)cc1C. The number of ether oxygens (including phenoxy) is 1. The summed E-state index contributed by atoms with van der Waals surface area (Å²) in [5, 5.41) is 12.2. The van der Waals surface area contributed by atoms with E-state index >= 15 is 0 Å². The molecule has 0 aliphatic carbocycles. The molecule has 0 saturated heterocycles. The van der Waals surface area contributed by atoms with Crippen molar-refractivity contribution in [1.29, 1.82) is 0 Å². The zero-order valence-corrected chi connectivity index (χ0v) is 9.07. The van der Waals surface area contributed by atoms with Crippen LogP contribution < -0.4 is 5.32 Å². The van der Waals surface area contributed by atoms with Gasteiger partial charge in [0.15, 0.2) is 0 Å². The van der Waals surface area contributed by atoms with Crippen molar-refractivity contribution in [3.05, 3.63) is 23.8 Å². The van der Waals surface area contributed by atoms with E-state index in [9.17, 15) is 9.90 Å². The Morgan fingerprint density at radius 2 is 2.20 bits per heavy atom. The van der Waals surface area contributed by atoms with Crippen molar-refractivity contribution in [3.8, 4) is 5.75 Å². The first-order valence-electron chi connectivity index (χ1n) is 4.68. The number of nitrogens with one attached hydrogen (secondary N) is 1. The lowest BCUT2D eigenvalue weighted by molar-refractivity contribution is -0.141. The van der Waals surface area contributed by atoms with E-state index in [0.29, 0.717) is 0 Å². The second-order valence-electron chi connectivity index (χ2n) is 3.39. The zero-order chi connectivity index (χ0) is 11.4. The highest BCUT2D eigenvalue weighted by molar-refractivity contribution is 5.79. The van der Waals surface area contributed by atoms with E-state index in [-0.39, 0.29) is 11.7 Å². The quantitative estimate of drug-likeness (QED) is 0.587. The topological polar surface area (TPSA) is 58.6 Å². The molecule has 0 fully saturated rings. The maximum Gasteiger partial charge on any atom is 0.327 e. The number of rotatable bonds is 3. The summed E-state index contributed by atoms with van der Waals surface area (Å²) in [5.41, 5.74) is 1.69. The van der Waals surface area contributed by atoms with Gasteiger partial charge in [0, 0.05) is 5.69 Å². The van der Waals surface area contributed by atoms with Gasteiger partial charge in [0.2, 0.25) is 0 Å². The first-order chi connectivity index (χ1) is 7.04. The molecule has 0 radical (unpaired) electrons. The number of aromatic hydroxyl groups is 1. The van der Waals surface area contributed by atoms with E-state index in [1.165, 1.54) is 7.11 Å². The molecule has 0 aliphatic heterocycles. The third-order valence-electron chi connectivity index (χ3n) is 2.14. The van der Waals surface area contributed by atoms with Crippen LogP contribution in [0.4, 0.5) is 5.69 Å². The summed E-state index contributed by atoms with van der Waals surface area (Å²) in [7, 11) is 1.35. The van der Waals surface area contributed by atoms with E-state index in [1.54, 1.807) is 25.1 Å². The van der Waals surface area contributed by atoms with Crippen LogP contribution in [0.3, 0.4) is 0 Å². The van der Waals surface area contributed by atoms with Gasteiger partial charge in [-0.15, -0.1) is 0 Å². The molecule has 4 heteroatoms. The Kier molecular flexibility index (Phi) is 3.55. The number of aryl methyl sites for hydroxylation is 1. The lowest BCUT2D eigenvalue weighted by Gasteiger charge is -2.14. The Balaban J connectivity index is 2.76. The summed E-state index contributed by atoms with van der Waals surface area (Å²) in [6.07, 6.45) is 0. The van der Waals surface area contributed by atoms with Crippen molar-refractivity contribution in [3.63, 3.8) is 0 Å². The Labute approximate surface area is 88.9 Å². The number of phenols is 1. The molecule has 1 unspecified atom stereocenters. The molecule has 1 rings (SSSR count). The van der Waals surface area contributed by atoms with E-state index in [1.807, 2.05) is 6.92 Å². The Morgan fingerprint density at radius 3 is 2.73 bits per heavy atom. The second-order valence-corrected chi connectivity index (χ2v) is 3.39. The van der Waals surface area contributed by atoms with Crippen molar-refractivity contribution in [2.24, 2.45) is 0 Å². The molecule has 0 aromatic heterocycles. The highest BCUT2D eigenvalue weighted by Crippen LogP contribution is 2.20. The zero-order valence-electron chi connectivity index (χ0n) is 9.07. The van der Waals surface area contributed by atoms with Crippen LogP contribution >= 0.6 is 0 Å². The summed E-state index contributed by atoms with van der Waals surface area (Å²) in [6.45, 7) is 3.57. The molecule has 0 saturated carbocycles. The van der Waals surface area contributed by atoms with E-state index in [4.69, 9.17) is 0 Å². The normalized spacial score (nSPS) is 11.9. The summed E-state index contributed by atoms with van der Waals surface area (Å²) in [4.78, 5) is 11.2. The molecule has 0 amide bonds. The van der Waals surface area contributed by atoms with Crippen LogP contribution in [0.5, 0.6) is 5.75 Å². The molecule has 0 spiro atoms. The van der Waals surface area contributed by atoms with E-state index in [0.717, 1.165) is 11.3 Å². The van der Waals surface area contributed by atoms with Gasteiger partial charge in [-0.3, -0.25) is 0 Å². The number of carbonyl (C=O) groups is 1. The standard InChI is InChI=1S/C11H15NO3/c1-7-6-9(13)4-5-10(7)12-8(2)11(14)15-3/h4-6,8,12-13H,1-3H3. The van der Waals surface area contributed by atoms with Crippen LogP contribution in [0.2, 0.25) is 0 Å². The summed E-state index contributed by atoms with van der Waals surface area (Å²) in [6, 6.07) is 4.52. The molecule has 2 N–H and O–H groups in total. The average molecular weight is 209 g/mol. The first kappa shape index (κ1) is 11.4. The maximum absolute atomic E-state index is 11.2. The van der Waals surface area contributed by atoms with Crippen molar-refractivity contribution in [1.82, 2.24) is 0 Å². The molecule has 15 heavy (non-hydrogen) atoms. The molecular weight excluding hydrogens is 194 g/mol. The fourth-order valence-corrected chi connectivity index (χ4v) is 1.28. The van der Waals surface area contributed by atoms with Gasteiger partial charge in [-0.25, -0.2) is 4.79 Å². The molecule has 1 atom stereocenters. The number of carbonyl (C=O) groups excluding carboxylic acids is 1. The van der Waals surface area contributed by atoms with Gasteiger partial charge in [0.25, 0.3) is 0 Å². The smallest absolute Gasteiger partial charge is 0.327 e. The van der Waals surface area contributed by atoms with E-state index < -0.39 is 6.04 Å². The number of benzene rings is 1. The largest absolute Gasteiger partial charge is 0.508 e. The van der Waals surface area contributed by atoms with Gasteiger partial charge in [0.1, 0.15) is 11.8 Å². The van der Waals surface area contributed by atoms with Gasteiger partial charge in [-0.2, -0.15) is 0 Å². The maximum atomic E-state index is 11.2. The minimum absolute atomic E-state index is 0.212. The first-order valence-corrected chi connectivity index (χ1v) is 4.68. The molecule has 82 valence electrons. The van der Waals surface area contributed by atoms with Crippen LogP contribution in [0.25, 0.3) is 0 Å². The number of hydrogen-bond donors (Lipinski definition) is 2. The van der Waals surface area contributed by atoms with Crippen LogP contribution in [0, 0.1) is 6.92 Å². The Hall–Kier alpha value is -1.71. The number of anilines is 1. The van der Waals surface area contributed by atoms with Crippen LogP contribution in [-0.2, 0) is 9.53 Å². The van der Waals surface area contributed by atoms with Crippen molar-refractivity contribution >= 4 is 11.7 Å². The van der Waals surface area contributed by atoms with Crippen molar-refractivity contribution in [2.75, 3.05) is 12.4 Å². The number of hydrogen-bond acceptors (Lipinski definition) is 4. The lowest BCUT2D eigenvalue weighted by Crippen LogP contribution is -2.27. The highest BCUT2D eigenvalue weighted by Gasteiger charge is 2.13. The van der Waals surface area contributed by atoms with Crippen molar-refractivity contribution < 1.29 is 14.6 Å². The summed E-state index contributed by atoms with van der Waals surface area (Å²) < 4.78 is 4.60. The Morgan fingerprint density at radius 1 is 1.53 bits per heavy atom. The lowest BCUT2D eigenvalue weighted by atomic mass is 10.1. The molecule has 1 aromatic carbocycles. The van der Waals surface area contributed by atoms with E-state index in [2.05, 4.69) is 10.1 Å². The number of phenolic OH excluding ortho intramolecular Hbond substituents is 1. The fraction of sp³-hybridized carbons (Fsp3) is 0.364. The summed E-state index contributed by atoms with van der Waals surface area (Å²) >= 11 is 0. The number of esters is 1. The molecule has 0 heterocycles. The van der Waals surface area contributed by atoms with Gasteiger partial charge in [-0.05, 0) is 37.6 Å². The molecule has 4 nitrogen and oxygen atoms in total. The van der Waals surface area contributed by atoms with Crippen molar-refractivity contribution in [2.45, 2.75) is 19.9 Å². The third-order valence-corrected chi connectivity index (χ3v) is 2.14. The summed E-state index contributed by atoms with van der Waals surface area (Å²) in [5.74, 6) is -0.105. The third kappa shape index (κ3) is 2.87. The van der Waals surface area contributed by atoms with Gasteiger partial charge in [0.05, 0.1) is 7.11 Å². The second kappa shape index (κ2) is 4.68. The van der Waals surface area contributed by atoms with Crippen LogP contribution in [0.15, 0.2) is 18.2 Å². The van der Waals surface area contributed by atoms with Crippen LogP contribution in [-0.4, -0.2) is 24.2 Å². The highest BCUT2D eigenvalue weighted by atomic mass is 16.5. The molecule has 0 bridgehead atoms. The van der Waals surface area contributed by atoms with Gasteiger partial charge in [-0.1, -0.05) is 0 Å². The fourth-order valence-electron chi connectivity index (χ4n) is 1.28. The van der Waals surface area contributed by atoms with Gasteiger partial charge < -0.3 is 15.2 Å². The molecule has 0 aliphatic rings. The minimum Gasteiger partial charge on any atom is -0.508 e. The van der Waals surface area contributed by atoms with Gasteiger partial charge >= 0.3 is 5.97 Å². The molecule has 1 aromatic rings. The molecular formula is C11H15NO3. The minimum atomic E-state index is -0.404. The van der Waals surface area contributed by atoms with Crippen LogP contribution in [0.1, 0.15) is 12.5 Å². The average Bonchev–Trinajstić information content (AvgIpc) is 2.20.